The molecule has 0 atom stereocenters. The summed E-state index contributed by atoms with van der Waals surface area (Å²) in [5.41, 5.74) is 2.06. The molecule has 0 aliphatic carbocycles. The molecule has 0 amide bonds. The van der Waals surface area contributed by atoms with Crippen molar-refractivity contribution in [2.75, 3.05) is 7.05 Å². The second kappa shape index (κ2) is 9.37. The van der Waals surface area contributed by atoms with Crippen molar-refractivity contribution in [2.24, 2.45) is 4.99 Å². The number of thiophene rings is 1. The van der Waals surface area contributed by atoms with Crippen molar-refractivity contribution in [3.8, 4) is 0 Å². The minimum Gasteiger partial charge on any atom is -0.352 e. The second-order valence-electron chi connectivity index (χ2n) is 4.15. The highest BCUT2D eigenvalue weighted by Gasteiger charge is 2.04. The van der Waals surface area contributed by atoms with Crippen LogP contribution < -0.4 is 10.6 Å². The van der Waals surface area contributed by atoms with E-state index in [1.807, 2.05) is 5.38 Å². The first-order valence-electron chi connectivity index (χ1n) is 6.08. The quantitative estimate of drug-likeness (QED) is 0.389. The summed E-state index contributed by atoms with van der Waals surface area (Å²) in [6.45, 7) is 1.22. The van der Waals surface area contributed by atoms with Crippen molar-refractivity contribution in [2.45, 2.75) is 13.1 Å². The summed E-state index contributed by atoms with van der Waals surface area (Å²) in [4.78, 5) is 4.14. The van der Waals surface area contributed by atoms with E-state index < -0.39 is 0 Å². The number of nitrogens with zero attached hydrogens (tertiary/aromatic N) is 1. The Hall–Kier alpha value is -0.670. The van der Waals surface area contributed by atoms with Gasteiger partial charge in [0.05, 0.1) is 0 Å². The number of halogens is 3. The van der Waals surface area contributed by atoms with Gasteiger partial charge in [-0.05, 0) is 46.2 Å². The average molecular weight is 484 g/mol. The molecule has 0 bridgehead atoms. The summed E-state index contributed by atoms with van der Waals surface area (Å²) in [5, 5.41) is 10.5. The third-order valence-corrected chi connectivity index (χ3v) is 4.22. The zero-order chi connectivity index (χ0) is 14.4. The first kappa shape index (κ1) is 18.4. The van der Waals surface area contributed by atoms with Gasteiger partial charge in [-0.1, -0.05) is 15.9 Å². The van der Waals surface area contributed by atoms with Crippen LogP contribution in [0, 0.1) is 5.82 Å². The molecule has 1 aromatic heterocycles. The fourth-order valence-electron chi connectivity index (χ4n) is 1.66. The molecule has 0 saturated heterocycles. The fraction of sp³-hybridized carbons (Fsp3) is 0.214. The third-order valence-electron chi connectivity index (χ3n) is 2.72. The lowest BCUT2D eigenvalue weighted by atomic mass is 10.2. The number of benzene rings is 1. The van der Waals surface area contributed by atoms with Crippen LogP contribution >= 0.6 is 51.2 Å². The van der Waals surface area contributed by atoms with Crippen LogP contribution in [-0.4, -0.2) is 13.0 Å². The van der Waals surface area contributed by atoms with Gasteiger partial charge in [-0.3, -0.25) is 4.99 Å². The molecule has 0 spiro atoms. The summed E-state index contributed by atoms with van der Waals surface area (Å²) in [6, 6.07) is 6.70. The molecule has 0 radical (unpaired) electrons. The summed E-state index contributed by atoms with van der Waals surface area (Å²) >= 11 is 5.07. The van der Waals surface area contributed by atoms with Crippen molar-refractivity contribution in [3.05, 3.63) is 56.4 Å². The molecular weight excluding hydrogens is 468 g/mol. The number of aliphatic imine (C=N–C) groups is 1. The van der Waals surface area contributed by atoms with Gasteiger partial charge in [0.15, 0.2) is 5.96 Å². The Balaban J connectivity index is 0.00000220. The average Bonchev–Trinajstić information content (AvgIpc) is 2.96. The van der Waals surface area contributed by atoms with Crippen molar-refractivity contribution in [1.29, 1.82) is 0 Å². The summed E-state index contributed by atoms with van der Waals surface area (Å²) in [7, 11) is 1.71. The van der Waals surface area contributed by atoms with E-state index in [0.717, 1.165) is 10.0 Å². The molecule has 0 aliphatic heterocycles. The maximum atomic E-state index is 13.2. The highest BCUT2D eigenvalue weighted by molar-refractivity contribution is 14.0. The lowest BCUT2D eigenvalue weighted by Gasteiger charge is -2.12. The van der Waals surface area contributed by atoms with Gasteiger partial charge in [0, 0.05) is 24.6 Å². The van der Waals surface area contributed by atoms with Crippen molar-refractivity contribution >= 4 is 57.2 Å². The monoisotopic (exact) mass is 483 g/mol. The first-order chi connectivity index (χ1) is 9.69. The molecule has 21 heavy (non-hydrogen) atoms. The predicted octanol–water partition coefficient (Wildman–Crippen LogP) is 4.13. The molecule has 0 unspecified atom stereocenters. The van der Waals surface area contributed by atoms with Gasteiger partial charge in [-0.15, -0.1) is 24.0 Å². The highest BCUT2D eigenvalue weighted by atomic mass is 127. The summed E-state index contributed by atoms with van der Waals surface area (Å²) < 4.78 is 14.1. The normalized spacial score (nSPS) is 10.9. The lowest BCUT2D eigenvalue weighted by Crippen LogP contribution is -2.36. The molecule has 7 heteroatoms. The van der Waals surface area contributed by atoms with E-state index in [4.69, 9.17) is 0 Å². The van der Waals surface area contributed by atoms with Crippen LogP contribution in [0.25, 0.3) is 0 Å². The highest BCUT2D eigenvalue weighted by Crippen LogP contribution is 2.17. The SMILES string of the molecule is CN=C(NCc1ccsc1)NCc1cc(F)ccc1Br.I. The van der Waals surface area contributed by atoms with E-state index in [1.165, 1.54) is 17.7 Å². The fourth-order valence-corrected chi connectivity index (χ4v) is 2.71. The number of rotatable bonds is 4. The molecule has 1 heterocycles. The Labute approximate surface area is 153 Å². The molecule has 114 valence electrons. The Morgan fingerprint density at radius 3 is 2.71 bits per heavy atom. The smallest absolute Gasteiger partial charge is 0.191 e. The number of guanidine groups is 1. The van der Waals surface area contributed by atoms with Gasteiger partial charge in [0.1, 0.15) is 5.82 Å². The van der Waals surface area contributed by atoms with Gasteiger partial charge in [0.25, 0.3) is 0 Å². The largest absolute Gasteiger partial charge is 0.352 e. The van der Waals surface area contributed by atoms with Crippen LogP contribution in [0.3, 0.4) is 0 Å². The molecule has 0 aliphatic rings. The van der Waals surface area contributed by atoms with Gasteiger partial charge in [-0.2, -0.15) is 11.3 Å². The van der Waals surface area contributed by atoms with Gasteiger partial charge in [-0.25, -0.2) is 4.39 Å². The molecule has 0 fully saturated rings. The van der Waals surface area contributed by atoms with Crippen LogP contribution in [0.15, 0.2) is 44.5 Å². The van der Waals surface area contributed by atoms with E-state index in [-0.39, 0.29) is 29.8 Å². The number of hydrogen-bond acceptors (Lipinski definition) is 2. The van der Waals surface area contributed by atoms with E-state index >= 15 is 0 Å². The minimum absolute atomic E-state index is 0. The zero-order valence-electron chi connectivity index (χ0n) is 11.4. The molecular formula is C14H16BrFIN3S. The molecule has 0 saturated carbocycles. The Morgan fingerprint density at radius 2 is 2.05 bits per heavy atom. The van der Waals surface area contributed by atoms with Crippen molar-refractivity contribution in [1.82, 2.24) is 10.6 Å². The number of hydrogen-bond donors (Lipinski definition) is 2. The Bertz CT molecular complexity index is 590. The molecule has 2 N–H and O–H groups in total. The van der Waals surface area contributed by atoms with Crippen LogP contribution in [0.2, 0.25) is 0 Å². The standard InChI is InChI=1S/C14H15BrFN3S.HI/c1-17-14(18-7-10-4-5-20-9-10)19-8-11-6-12(16)2-3-13(11)15;/h2-6,9H,7-8H2,1H3,(H2,17,18,19);1H. The van der Waals surface area contributed by atoms with E-state index in [0.29, 0.717) is 19.0 Å². The second-order valence-corrected chi connectivity index (χ2v) is 5.78. The molecule has 2 aromatic rings. The van der Waals surface area contributed by atoms with Crippen LogP contribution in [0.5, 0.6) is 0 Å². The predicted molar refractivity (Wildman–Crippen MR) is 101 cm³/mol. The topological polar surface area (TPSA) is 36.4 Å². The summed E-state index contributed by atoms with van der Waals surface area (Å²) in [5.74, 6) is 0.443. The van der Waals surface area contributed by atoms with E-state index in [1.54, 1.807) is 24.5 Å². The first-order valence-corrected chi connectivity index (χ1v) is 7.82. The van der Waals surface area contributed by atoms with E-state index in [2.05, 4.69) is 43.0 Å². The van der Waals surface area contributed by atoms with Crippen molar-refractivity contribution in [3.63, 3.8) is 0 Å². The zero-order valence-corrected chi connectivity index (χ0v) is 16.1. The number of nitrogens with one attached hydrogen (secondary N) is 2. The lowest BCUT2D eigenvalue weighted by molar-refractivity contribution is 0.624. The van der Waals surface area contributed by atoms with Gasteiger partial charge >= 0.3 is 0 Å². The Kier molecular flexibility index (Phi) is 8.20. The summed E-state index contributed by atoms with van der Waals surface area (Å²) in [6.07, 6.45) is 0. The maximum Gasteiger partial charge on any atom is 0.191 e. The van der Waals surface area contributed by atoms with Crippen LogP contribution in [-0.2, 0) is 13.1 Å². The van der Waals surface area contributed by atoms with Gasteiger partial charge < -0.3 is 10.6 Å². The van der Waals surface area contributed by atoms with Crippen LogP contribution in [0.1, 0.15) is 11.1 Å². The molecule has 2 rings (SSSR count). The Morgan fingerprint density at radius 1 is 1.29 bits per heavy atom. The minimum atomic E-state index is -0.244. The third kappa shape index (κ3) is 5.91. The van der Waals surface area contributed by atoms with Gasteiger partial charge in [0.2, 0.25) is 0 Å². The maximum absolute atomic E-state index is 13.2. The van der Waals surface area contributed by atoms with Crippen LogP contribution in [0.4, 0.5) is 4.39 Å². The van der Waals surface area contributed by atoms with E-state index in [9.17, 15) is 4.39 Å². The van der Waals surface area contributed by atoms with Crippen molar-refractivity contribution < 1.29 is 4.39 Å². The molecule has 3 nitrogen and oxygen atoms in total. The molecule has 1 aromatic carbocycles.